The Bertz CT molecular complexity index is 658. The second-order valence-corrected chi connectivity index (χ2v) is 7.06. The van der Waals surface area contributed by atoms with Gasteiger partial charge in [-0.15, -0.1) is 10.2 Å². The Morgan fingerprint density at radius 2 is 1.87 bits per heavy atom. The van der Waals surface area contributed by atoms with Crippen molar-refractivity contribution in [1.29, 1.82) is 0 Å². The minimum atomic E-state index is -0.401. The van der Waals surface area contributed by atoms with Crippen LogP contribution in [0.25, 0.3) is 0 Å². The molecule has 0 aliphatic carbocycles. The quantitative estimate of drug-likeness (QED) is 0.858. The Balaban J connectivity index is 1.89. The fourth-order valence-electron chi connectivity index (χ4n) is 2.85. The molecule has 0 atom stereocenters. The van der Waals surface area contributed by atoms with Gasteiger partial charge in [0.15, 0.2) is 0 Å². The lowest BCUT2D eigenvalue weighted by Gasteiger charge is -2.24. The van der Waals surface area contributed by atoms with Gasteiger partial charge in [0.1, 0.15) is 0 Å². The molecule has 23 heavy (non-hydrogen) atoms. The Kier molecular flexibility index (Phi) is 4.48. The van der Waals surface area contributed by atoms with E-state index in [-0.39, 0.29) is 5.92 Å². The molecular formula is C18H25N3O2. The van der Waals surface area contributed by atoms with Crippen molar-refractivity contribution in [3.63, 3.8) is 0 Å². The fraction of sp³-hybridized carbons (Fsp3) is 0.611. The van der Waals surface area contributed by atoms with E-state index in [4.69, 9.17) is 14.1 Å². The largest absolute Gasteiger partial charge is 0.424 e. The molecule has 3 heterocycles. The maximum Gasteiger partial charge on any atom is 0.228 e. The monoisotopic (exact) mass is 315 g/mol. The maximum atomic E-state index is 5.87. The summed E-state index contributed by atoms with van der Waals surface area (Å²) in [4.78, 5) is 4.92. The van der Waals surface area contributed by atoms with Crippen molar-refractivity contribution in [2.75, 3.05) is 13.2 Å². The van der Waals surface area contributed by atoms with Gasteiger partial charge in [-0.3, -0.25) is 4.98 Å². The molecule has 1 aliphatic heterocycles. The minimum Gasteiger partial charge on any atom is -0.424 e. The molecule has 124 valence electrons. The number of nitrogens with zero attached hydrogens (tertiary/aromatic N) is 3. The van der Waals surface area contributed by atoms with Gasteiger partial charge in [-0.25, -0.2) is 0 Å². The standard InChI is InChI=1S/C18H25N3O2/c1-12(2)16-20-21-17(23-16)18(3,4)15-7-5-6-14(19-15)13-8-10-22-11-9-13/h5-7,12-13H,8-11H2,1-4H3. The minimum absolute atomic E-state index is 0.230. The number of rotatable bonds is 4. The molecule has 0 unspecified atom stereocenters. The molecule has 2 aromatic heterocycles. The van der Waals surface area contributed by atoms with Crippen LogP contribution in [-0.4, -0.2) is 28.4 Å². The van der Waals surface area contributed by atoms with Crippen molar-refractivity contribution in [3.8, 4) is 0 Å². The highest BCUT2D eigenvalue weighted by molar-refractivity contribution is 5.26. The molecule has 1 aliphatic rings. The lowest BCUT2D eigenvalue weighted by Crippen LogP contribution is -2.23. The van der Waals surface area contributed by atoms with Gasteiger partial charge in [0.2, 0.25) is 11.8 Å². The third-order valence-corrected chi connectivity index (χ3v) is 4.52. The second kappa shape index (κ2) is 6.40. The molecule has 1 fully saturated rings. The molecule has 3 rings (SSSR count). The van der Waals surface area contributed by atoms with Gasteiger partial charge < -0.3 is 9.15 Å². The van der Waals surface area contributed by atoms with Gasteiger partial charge in [0.05, 0.1) is 11.1 Å². The summed E-state index contributed by atoms with van der Waals surface area (Å²) >= 11 is 0. The van der Waals surface area contributed by atoms with Crippen LogP contribution >= 0.6 is 0 Å². The number of hydrogen-bond acceptors (Lipinski definition) is 5. The van der Waals surface area contributed by atoms with Crippen molar-refractivity contribution in [3.05, 3.63) is 41.4 Å². The van der Waals surface area contributed by atoms with Crippen molar-refractivity contribution in [2.45, 2.75) is 57.8 Å². The number of aromatic nitrogens is 3. The van der Waals surface area contributed by atoms with E-state index in [1.54, 1.807) is 0 Å². The van der Waals surface area contributed by atoms with Crippen LogP contribution in [0.4, 0.5) is 0 Å². The van der Waals surface area contributed by atoms with Crippen LogP contribution in [-0.2, 0) is 10.2 Å². The highest BCUT2D eigenvalue weighted by Gasteiger charge is 2.32. The molecule has 5 nitrogen and oxygen atoms in total. The van der Waals surface area contributed by atoms with E-state index in [0.717, 1.165) is 37.4 Å². The highest BCUT2D eigenvalue weighted by atomic mass is 16.5. The predicted octanol–water partition coefficient (Wildman–Crippen LogP) is 3.81. The van der Waals surface area contributed by atoms with E-state index in [1.807, 2.05) is 19.9 Å². The first-order valence-electron chi connectivity index (χ1n) is 8.37. The van der Waals surface area contributed by atoms with Crippen LogP contribution in [0.3, 0.4) is 0 Å². The smallest absolute Gasteiger partial charge is 0.228 e. The number of hydrogen-bond donors (Lipinski definition) is 0. The fourth-order valence-corrected chi connectivity index (χ4v) is 2.85. The maximum absolute atomic E-state index is 5.87. The summed E-state index contributed by atoms with van der Waals surface area (Å²) in [6, 6.07) is 6.24. The van der Waals surface area contributed by atoms with E-state index in [2.05, 4.69) is 36.2 Å². The molecule has 5 heteroatoms. The summed E-state index contributed by atoms with van der Waals surface area (Å²) in [5.74, 6) is 2.01. The van der Waals surface area contributed by atoms with Gasteiger partial charge in [0, 0.05) is 30.7 Å². The molecule has 1 saturated heterocycles. The molecule has 0 saturated carbocycles. The van der Waals surface area contributed by atoms with Crippen molar-refractivity contribution in [2.24, 2.45) is 0 Å². The van der Waals surface area contributed by atoms with Crippen molar-refractivity contribution < 1.29 is 9.15 Å². The SMILES string of the molecule is CC(C)c1nnc(C(C)(C)c2cccc(C3CCOCC3)n2)o1. The Morgan fingerprint density at radius 1 is 1.13 bits per heavy atom. The molecule has 0 spiro atoms. The average Bonchev–Trinajstić information content (AvgIpc) is 3.07. The van der Waals surface area contributed by atoms with Gasteiger partial charge in [0.25, 0.3) is 0 Å². The summed E-state index contributed by atoms with van der Waals surface area (Å²) in [6.45, 7) is 9.91. The van der Waals surface area contributed by atoms with E-state index < -0.39 is 5.41 Å². The zero-order valence-corrected chi connectivity index (χ0v) is 14.4. The third kappa shape index (κ3) is 3.29. The van der Waals surface area contributed by atoms with Crippen LogP contribution in [0.1, 0.15) is 75.5 Å². The zero-order chi connectivity index (χ0) is 16.4. The lowest BCUT2D eigenvalue weighted by atomic mass is 9.87. The second-order valence-electron chi connectivity index (χ2n) is 7.06. The molecular weight excluding hydrogens is 290 g/mol. The van der Waals surface area contributed by atoms with E-state index in [1.165, 1.54) is 0 Å². The van der Waals surface area contributed by atoms with Crippen LogP contribution < -0.4 is 0 Å². The number of pyridine rings is 1. The van der Waals surface area contributed by atoms with Crippen LogP contribution in [0.2, 0.25) is 0 Å². The van der Waals surface area contributed by atoms with Crippen molar-refractivity contribution in [1.82, 2.24) is 15.2 Å². The van der Waals surface area contributed by atoms with E-state index in [0.29, 0.717) is 17.7 Å². The first kappa shape index (κ1) is 16.1. The molecule has 0 aromatic carbocycles. The third-order valence-electron chi connectivity index (χ3n) is 4.52. The Labute approximate surface area is 137 Å². The predicted molar refractivity (Wildman–Crippen MR) is 87.5 cm³/mol. The summed E-state index contributed by atoms with van der Waals surface area (Å²) in [6.07, 6.45) is 2.07. The molecule has 2 aromatic rings. The lowest BCUT2D eigenvalue weighted by molar-refractivity contribution is 0.0844. The van der Waals surface area contributed by atoms with Crippen LogP contribution in [0, 0.1) is 0 Å². The molecule has 0 radical (unpaired) electrons. The van der Waals surface area contributed by atoms with Gasteiger partial charge >= 0.3 is 0 Å². The number of ether oxygens (including phenoxy) is 1. The first-order valence-corrected chi connectivity index (χ1v) is 8.37. The molecule has 0 bridgehead atoms. The van der Waals surface area contributed by atoms with Gasteiger partial charge in [-0.1, -0.05) is 19.9 Å². The van der Waals surface area contributed by atoms with E-state index in [9.17, 15) is 0 Å². The average molecular weight is 315 g/mol. The molecule has 0 N–H and O–H groups in total. The Hall–Kier alpha value is -1.75. The zero-order valence-electron chi connectivity index (χ0n) is 14.4. The van der Waals surface area contributed by atoms with Crippen LogP contribution in [0.15, 0.2) is 22.6 Å². The highest BCUT2D eigenvalue weighted by Crippen LogP contribution is 2.32. The summed E-state index contributed by atoms with van der Waals surface area (Å²) in [5, 5.41) is 8.41. The Morgan fingerprint density at radius 3 is 2.52 bits per heavy atom. The van der Waals surface area contributed by atoms with Gasteiger partial charge in [-0.05, 0) is 38.8 Å². The van der Waals surface area contributed by atoms with Crippen molar-refractivity contribution >= 4 is 0 Å². The van der Waals surface area contributed by atoms with Gasteiger partial charge in [-0.2, -0.15) is 0 Å². The molecule has 0 amide bonds. The summed E-state index contributed by atoms with van der Waals surface area (Å²) in [7, 11) is 0. The normalized spacial score (nSPS) is 16.9. The topological polar surface area (TPSA) is 61.0 Å². The van der Waals surface area contributed by atoms with Crippen LogP contribution in [0.5, 0.6) is 0 Å². The first-order chi connectivity index (χ1) is 11.0. The summed E-state index contributed by atoms with van der Waals surface area (Å²) < 4.78 is 11.3. The van der Waals surface area contributed by atoms with E-state index >= 15 is 0 Å². The summed E-state index contributed by atoms with van der Waals surface area (Å²) in [5.41, 5.74) is 1.71.